The minimum Gasteiger partial charge on any atom is -0.383 e. The first-order valence-corrected chi connectivity index (χ1v) is 7.10. The molecule has 0 aromatic carbocycles. The lowest BCUT2D eigenvalue weighted by molar-refractivity contribution is 0.161. The SMILES string of the molecule is COCCN(C)CCNCc1nnc2n1CCCC2. The van der Waals surface area contributed by atoms with Crippen LogP contribution in [0.15, 0.2) is 0 Å². The molecule has 0 radical (unpaired) electrons. The van der Waals surface area contributed by atoms with Crippen molar-refractivity contribution in [1.29, 1.82) is 0 Å². The Labute approximate surface area is 115 Å². The summed E-state index contributed by atoms with van der Waals surface area (Å²) in [5.74, 6) is 2.23. The van der Waals surface area contributed by atoms with Crippen molar-refractivity contribution in [1.82, 2.24) is 25.0 Å². The van der Waals surface area contributed by atoms with Crippen molar-refractivity contribution < 1.29 is 4.74 Å². The summed E-state index contributed by atoms with van der Waals surface area (Å²) in [5, 5.41) is 12.0. The molecule has 0 fully saturated rings. The van der Waals surface area contributed by atoms with E-state index in [0.29, 0.717) is 0 Å². The van der Waals surface area contributed by atoms with E-state index in [1.54, 1.807) is 7.11 Å². The van der Waals surface area contributed by atoms with Crippen LogP contribution in [0.25, 0.3) is 0 Å². The van der Waals surface area contributed by atoms with Crippen molar-refractivity contribution in [3.05, 3.63) is 11.6 Å². The fourth-order valence-corrected chi connectivity index (χ4v) is 2.33. The van der Waals surface area contributed by atoms with Gasteiger partial charge in [0, 0.05) is 39.7 Å². The first-order valence-electron chi connectivity index (χ1n) is 7.10. The third-order valence-corrected chi connectivity index (χ3v) is 3.57. The van der Waals surface area contributed by atoms with E-state index in [2.05, 4.69) is 32.0 Å². The standard InChI is InChI=1S/C13H25N5O/c1-17(9-10-19-2)8-6-14-11-13-16-15-12-5-3-4-7-18(12)13/h14H,3-11H2,1-2H3. The van der Waals surface area contributed by atoms with Crippen molar-refractivity contribution in [2.45, 2.75) is 32.4 Å². The molecule has 0 atom stereocenters. The lowest BCUT2D eigenvalue weighted by Crippen LogP contribution is -2.31. The van der Waals surface area contributed by atoms with E-state index in [4.69, 9.17) is 4.74 Å². The highest BCUT2D eigenvalue weighted by molar-refractivity contribution is 4.98. The van der Waals surface area contributed by atoms with Crippen LogP contribution in [-0.4, -0.2) is 60.1 Å². The van der Waals surface area contributed by atoms with Crippen LogP contribution in [0.5, 0.6) is 0 Å². The number of ether oxygens (including phenoxy) is 1. The Kier molecular flexibility index (Phi) is 5.75. The number of nitrogens with zero attached hydrogens (tertiary/aromatic N) is 4. The smallest absolute Gasteiger partial charge is 0.147 e. The van der Waals surface area contributed by atoms with Gasteiger partial charge in [-0.2, -0.15) is 0 Å². The van der Waals surface area contributed by atoms with Gasteiger partial charge in [0.2, 0.25) is 0 Å². The number of methoxy groups -OCH3 is 1. The van der Waals surface area contributed by atoms with Crippen molar-refractivity contribution in [3.63, 3.8) is 0 Å². The lowest BCUT2D eigenvalue weighted by atomic mass is 10.2. The maximum Gasteiger partial charge on any atom is 0.147 e. The summed E-state index contributed by atoms with van der Waals surface area (Å²) >= 11 is 0. The molecule has 6 nitrogen and oxygen atoms in total. The molecule has 1 aromatic rings. The fraction of sp³-hybridized carbons (Fsp3) is 0.846. The topological polar surface area (TPSA) is 55.2 Å². The number of nitrogens with one attached hydrogen (secondary N) is 1. The van der Waals surface area contributed by atoms with Gasteiger partial charge in [-0.1, -0.05) is 0 Å². The molecule has 1 N–H and O–H groups in total. The molecule has 0 amide bonds. The maximum absolute atomic E-state index is 5.06. The number of likely N-dealkylation sites (N-methyl/N-ethyl adjacent to an activating group) is 1. The van der Waals surface area contributed by atoms with Gasteiger partial charge in [0.05, 0.1) is 13.2 Å². The average molecular weight is 267 g/mol. The Morgan fingerprint density at radius 3 is 3.05 bits per heavy atom. The minimum atomic E-state index is 0.786. The quantitative estimate of drug-likeness (QED) is 0.686. The average Bonchev–Trinajstić information content (AvgIpc) is 2.85. The zero-order valence-electron chi connectivity index (χ0n) is 12.1. The molecule has 0 unspecified atom stereocenters. The largest absolute Gasteiger partial charge is 0.383 e. The second-order valence-corrected chi connectivity index (χ2v) is 5.11. The summed E-state index contributed by atoms with van der Waals surface area (Å²) in [6.45, 7) is 5.62. The normalized spacial score (nSPS) is 14.9. The lowest BCUT2D eigenvalue weighted by Gasteiger charge is -2.17. The zero-order valence-corrected chi connectivity index (χ0v) is 12.1. The van der Waals surface area contributed by atoms with Crippen LogP contribution < -0.4 is 5.32 Å². The highest BCUT2D eigenvalue weighted by Crippen LogP contribution is 2.13. The van der Waals surface area contributed by atoms with Crippen LogP contribution >= 0.6 is 0 Å². The van der Waals surface area contributed by atoms with Crippen molar-refractivity contribution in [3.8, 4) is 0 Å². The molecular weight excluding hydrogens is 242 g/mol. The third kappa shape index (κ3) is 4.26. The van der Waals surface area contributed by atoms with Crippen LogP contribution in [0.4, 0.5) is 0 Å². The Morgan fingerprint density at radius 2 is 2.21 bits per heavy atom. The van der Waals surface area contributed by atoms with Crippen molar-refractivity contribution in [2.75, 3.05) is 40.4 Å². The monoisotopic (exact) mass is 267 g/mol. The summed E-state index contributed by atoms with van der Waals surface area (Å²) in [4.78, 5) is 2.26. The van der Waals surface area contributed by atoms with Crippen LogP contribution in [0.1, 0.15) is 24.5 Å². The van der Waals surface area contributed by atoms with Gasteiger partial charge in [0.25, 0.3) is 0 Å². The maximum atomic E-state index is 5.06. The molecule has 2 heterocycles. The van der Waals surface area contributed by atoms with Gasteiger partial charge >= 0.3 is 0 Å². The molecule has 0 saturated heterocycles. The predicted octanol–water partition coefficient (Wildman–Crippen LogP) is 0.282. The van der Waals surface area contributed by atoms with Gasteiger partial charge in [0.15, 0.2) is 0 Å². The van der Waals surface area contributed by atoms with Gasteiger partial charge < -0.3 is 19.5 Å². The van der Waals surface area contributed by atoms with Crippen LogP contribution in [-0.2, 0) is 24.2 Å². The van der Waals surface area contributed by atoms with E-state index in [-0.39, 0.29) is 0 Å². The van der Waals surface area contributed by atoms with E-state index in [1.807, 2.05) is 0 Å². The van der Waals surface area contributed by atoms with Crippen molar-refractivity contribution >= 4 is 0 Å². The van der Waals surface area contributed by atoms with E-state index in [0.717, 1.165) is 57.4 Å². The van der Waals surface area contributed by atoms with E-state index in [1.165, 1.54) is 12.8 Å². The Balaban J connectivity index is 1.67. The molecule has 0 saturated carbocycles. The van der Waals surface area contributed by atoms with Gasteiger partial charge in [-0.25, -0.2) is 0 Å². The Bertz CT molecular complexity index is 379. The van der Waals surface area contributed by atoms with E-state index < -0.39 is 0 Å². The van der Waals surface area contributed by atoms with Gasteiger partial charge in [-0.05, 0) is 19.9 Å². The van der Waals surface area contributed by atoms with Crippen LogP contribution in [0, 0.1) is 0 Å². The molecular formula is C13H25N5O. The first-order chi connectivity index (χ1) is 9.31. The molecule has 1 aliphatic rings. The molecule has 0 bridgehead atoms. The highest BCUT2D eigenvalue weighted by atomic mass is 16.5. The molecule has 2 rings (SSSR count). The number of rotatable bonds is 8. The number of aryl methyl sites for hydroxylation is 1. The molecule has 0 spiro atoms. The van der Waals surface area contributed by atoms with Gasteiger partial charge in [-0.3, -0.25) is 0 Å². The summed E-state index contributed by atoms with van der Waals surface area (Å²) in [7, 11) is 3.85. The van der Waals surface area contributed by atoms with Crippen molar-refractivity contribution in [2.24, 2.45) is 0 Å². The fourth-order valence-electron chi connectivity index (χ4n) is 2.33. The second-order valence-electron chi connectivity index (χ2n) is 5.11. The van der Waals surface area contributed by atoms with E-state index >= 15 is 0 Å². The third-order valence-electron chi connectivity index (χ3n) is 3.57. The summed E-state index contributed by atoms with van der Waals surface area (Å²) < 4.78 is 7.33. The minimum absolute atomic E-state index is 0.786. The van der Waals surface area contributed by atoms with E-state index in [9.17, 15) is 0 Å². The number of fused-ring (bicyclic) bond motifs is 1. The van der Waals surface area contributed by atoms with Gasteiger partial charge in [-0.15, -0.1) is 10.2 Å². The van der Waals surface area contributed by atoms with Crippen LogP contribution in [0.3, 0.4) is 0 Å². The second kappa shape index (κ2) is 7.57. The zero-order chi connectivity index (χ0) is 13.5. The predicted molar refractivity (Wildman–Crippen MR) is 74.0 cm³/mol. The Morgan fingerprint density at radius 1 is 1.32 bits per heavy atom. The number of hydrogen-bond donors (Lipinski definition) is 1. The number of aromatic nitrogens is 3. The molecule has 1 aromatic heterocycles. The highest BCUT2D eigenvalue weighted by Gasteiger charge is 2.14. The summed E-state index contributed by atoms with van der Waals surface area (Å²) in [6.07, 6.45) is 3.57. The van der Waals surface area contributed by atoms with Gasteiger partial charge in [0.1, 0.15) is 11.6 Å². The molecule has 6 heteroatoms. The summed E-state index contributed by atoms with van der Waals surface area (Å²) in [5.41, 5.74) is 0. The number of hydrogen-bond acceptors (Lipinski definition) is 5. The first kappa shape index (κ1) is 14.4. The van der Waals surface area contributed by atoms with Crippen LogP contribution in [0.2, 0.25) is 0 Å². The molecule has 0 aliphatic carbocycles. The molecule has 19 heavy (non-hydrogen) atoms. The Hall–Kier alpha value is -0.980. The summed E-state index contributed by atoms with van der Waals surface area (Å²) in [6, 6.07) is 0. The molecule has 1 aliphatic heterocycles. The molecule has 108 valence electrons.